The van der Waals surface area contributed by atoms with Gasteiger partial charge in [0, 0.05) is 30.5 Å². The lowest BCUT2D eigenvalue weighted by atomic mass is 9.85. The molecule has 0 aliphatic carbocycles. The van der Waals surface area contributed by atoms with Crippen LogP contribution in [-0.4, -0.2) is 48.3 Å². The Hall–Kier alpha value is -2.81. The molecule has 160 valence electrons. The maximum absolute atomic E-state index is 13.8. The Balaban J connectivity index is 1.42. The summed E-state index contributed by atoms with van der Waals surface area (Å²) in [4.78, 5) is 18.3. The molecule has 3 aliphatic rings. The van der Waals surface area contributed by atoms with Crippen LogP contribution in [0.1, 0.15) is 42.9 Å². The molecule has 0 unspecified atom stereocenters. The van der Waals surface area contributed by atoms with Crippen molar-refractivity contribution in [3.63, 3.8) is 0 Å². The molecule has 0 radical (unpaired) electrons. The second kappa shape index (κ2) is 8.03. The zero-order valence-corrected chi connectivity index (χ0v) is 17.9. The fourth-order valence-electron chi connectivity index (χ4n) is 5.88. The molecular weight excluding hydrogens is 388 g/mol. The van der Waals surface area contributed by atoms with Gasteiger partial charge in [0.15, 0.2) is 0 Å². The van der Waals surface area contributed by atoms with Crippen molar-refractivity contribution >= 4 is 11.6 Å². The maximum atomic E-state index is 13.8. The van der Waals surface area contributed by atoms with Crippen molar-refractivity contribution in [3.05, 3.63) is 59.7 Å². The highest BCUT2D eigenvalue weighted by Gasteiger charge is 2.65. The highest BCUT2D eigenvalue weighted by molar-refractivity contribution is 6.04. The largest absolute Gasteiger partial charge is 0.495 e. The number of nitrogens with zero attached hydrogens (tertiary/aromatic N) is 2. The Morgan fingerprint density at radius 3 is 2.77 bits per heavy atom. The van der Waals surface area contributed by atoms with E-state index in [0.29, 0.717) is 12.3 Å². The fourth-order valence-corrected chi connectivity index (χ4v) is 5.88. The molecule has 0 saturated carbocycles. The Morgan fingerprint density at radius 2 is 2.00 bits per heavy atom. The summed E-state index contributed by atoms with van der Waals surface area (Å²) in [5.74, 6) is 7.37. The van der Waals surface area contributed by atoms with E-state index in [1.165, 1.54) is 5.56 Å². The summed E-state index contributed by atoms with van der Waals surface area (Å²) in [6.45, 7) is 1.80. The van der Waals surface area contributed by atoms with Crippen molar-refractivity contribution in [1.29, 1.82) is 0 Å². The number of aliphatic hydroxyl groups is 1. The third kappa shape index (κ3) is 3.13. The van der Waals surface area contributed by atoms with Gasteiger partial charge in [-0.15, -0.1) is 0 Å². The number of amides is 1. The smallest absolute Gasteiger partial charge is 0.248 e. The Bertz CT molecular complexity index is 1040. The van der Waals surface area contributed by atoms with E-state index in [4.69, 9.17) is 9.84 Å². The summed E-state index contributed by atoms with van der Waals surface area (Å²) in [7, 11) is 1.66. The van der Waals surface area contributed by atoms with Crippen molar-refractivity contribution in [2.75, 3.05) is 31.7 Å². The summed E-state index contributed by atoms with van der Waals surface area (Å²) in [5, 5.41) is 8.89. The average Bonchev–Trinajstić information content (AvgIpc) is 3.44. The van der Waals surface area contributed by atoms with Crippen molar-refractivity contribution < 1.29 is 14.6 Å². The molecule has 0 bridgehead atoms. The van der Waals surface area contributed by atoms with Crippen LogP contribution in [0.2, 0.25) is 0 Å². The number of benzene rings is 2. The number of para-hydroxylation sites is 2. The molecule has 3 atom stereocenters. The zero-order valence-electron chi connectivity index (χ0n) is 17.9. The summed E-state index contributed by atoms with van der Waals surface area (Å²) in [6, 6.07) is 16.5. The van der Waals surface area contributed by atoms with E-state index in [0.717, 1.165) is 49.4 Å². The lowest BCUT2D eigenvalue weighted by Gasteiger charge is -2.34. The van der Waals surface area contributed by atoms with E-state index < -0.39 is 0 Å². The molecular formula is C26H28N2O3. The zero-order chi connectivity index (χ0) is 21.4. The first kappa shape index (κ1) is 20.1. The minimum absolute atomic E-state index is 0.0888. The average molecular weight is 417 g/mol. The second-order valence-electron chi connectivity index (χ2n) is 8.65. The van der Waals surface area contributed by atoms with Gasteiger partial charge in [0.1, 0.15) is 11.3 Å². The topological polar surface area (TPSA) is 53.0 Å². The van der Waals surface area contributed by atoms with Gasteiger partial charge in [-0.3, -0.25) is 9.69 Å². The molecule has 1 spiro atoms. The van der Waals surface area contributed by atoms with E-state index in [1.807, 2.05) is 29.2 Å². The van der Waals surface area contributed by atoms with Gasteiger partial charge in [0.25, 0.3) is 0 Å². The first-order valence-electron chi connectivity index (χ1n) is 11.1. The van der Waals surface area contributed by atoms with Gasteiger partial charge in [0.2, 0.25) is 5.91 Å². The molecule has 1 amide bonds. The molecule has 5 rings (SSSR count). The highest BCUT2D eigenvalue weighted by Crippen LogP contribution is 2.57. The van der Waals surface area contributed by atoms with Crippen LogP contribution in [0.3, 0.4) is 0 Å². The number of hydrogen-bond acceptors (Lipinski definition) is 4. The van der Waals surface area contributed by atoms with Crippen LogP contribution in [0.4, 0.5) is 5.69 Å². The van der Waals surface area contributed by atoms with Gasteiger partial charge in [-0.2, -0.15) is 0 Å². The van der Waals surface area contributed by atoms with Gasteiger partial charge >= 0.3 is 0 Å². The Kier molecular flexibility index (Phi) is 5.21. The van der Waals surface area contributed by atoms with E-state index in [2.05, 4.69) is 41.0 Å². The predicted molar refractivity (Wildman–Crippen MR) is 120 cm³/mol. The third-order valence-electron chi connectivity index (χ3n) is 7.19. The standard InChI is InChI=1S/C26H28N2O3/c1-31-24-9-3-2-8-22(24)27-18-21-17-23(28-15-6-14-26(21,28)25(27)30)20-12-10-19(11-13-20)7-4-5-16-29/h2-3,8-13,21,23,29H,5-6,14-18H2,1H3/t21-,23-,26-/m0/s1. The molecule has 0 aromatic heterocycles. The first-order valence-corrected chi connectivity index (χ1v) is 11.1. The van der Waals surface area contributed by atoms with Crippen molar-refractivity contribution in [2.24, 2.45) is 5.92 Å². The van der Waals surface area contributed by atoms with Crippen LogP contribution >= 0.6 is 0 Å². The second-order valence-corrected chi connectivity index (χ2v) is 8.65. The minimum atomic E-state index is -0.384. The van der Waals surface area contributed by atoms with Gasteiger partial charge < -0.3 is 14.7 Å². The first-order chi connectivity index (χ1) is 15.2. The number of methoxy groups -OCH3 is 1. The molecule has 3 fully saturated rings. The number of anilines is 1. The summed E-state index contributed by atoms with van der Waals surface area (Å²) in [6.07, 6.45) is 3.48. The highest BCUT2D eigenvalue weighted by atomic mass is 16.5. The third-order valence-corrected chi connectivity index (χ3v) is 7.19. The SMILES string of the molecule is COc1ccccc1N1C[C@@H]2C[C@@H](c3ccc(C#CCCO)cc3)N3CCC[C@@]23C1=O. The molecule has 1 N–H and O–H groups in total. The lowest BCUT2D eigenvalue weighted by molar-refractivity contribution is -0.126. The minimum Gasteiger partial charge on any atom is -0.495 e. The van der Waals surface area contributed by atoms with Gasteiger partial charge in [-0.25, -0.2) is 0 Å². The number of rotatable bonds is 4. The quantitative estimate of drug-likeness (QED) is 0.777. The van der Waals surface area contributed by atoms with Crippen molar-refractivity contribution in [1.82, 2.24) is 4.90 Å². The van der Waals surface area contributed by atoms with Crippen LogP contribution in [0.15, 0.2) is 48.5 Å². The molecule has 5 nitrogen and oxygen atoms in total. The van der Waals surface area contributed by atoms with Crippen LogP contribution in [0.5, 0.6) is 5.75 Å². The van der Waals surface area contributed by atoms with Gasteiger partial charge in [-0.1, -0.05) is 36.1 Å². The lowest BCUT2D eigenvalue weighted by Crippen LogP contribution is -2.49. The van der Waals surface area contributed by atoms with E-state index >= 15 is 0 Å². The van der Waals surface area contributed by atoms with E-state index in [9.17, 15) is 4.79 Å². The number of aliphatic hydroxyl groups excluding tert-OH is 1. The number of ether oxygens (including phenoxy) is 1. The molecule has 2 aromatic carbocycles. The number of carbonyl (C=O) groups excluding carboxylic acids is 1. The van der Waals surface area contributed by atoms with Gasteiger partial charge in [0.05, 0.1) is 19.4 Å². The molecule has 31 heavy (non-hydrogen) atoms. The van der Waals surface area contributed by atoms with E-state index in [-0.39, 0.29) is 24.1 Å². The van der Waals surface area contributed by atoms with E-state index in [1.54, 1.807) is 7.11 Å². The monoisotopic (exact) mass is 416 g/mol. The number of carbonyl (C=O) groups is 1. The molecule has 5 heteroatoms. The maximum Gasteiger partial charge on any atom is 0.248 e. The number of hydrogen-bond donors (Lipinski definition) is 1. The van der Waals surface area contributed by atoms with Gasteiger partial charge in [-0.05, 0) is 55.6 Å². The summed E-state index contributed by atoms with van der Waals surface area (Å²) in [5.41, 5.74) is 2.73. The molecule has 3 heterocycles. The normalized spacial score (nSPS) is 27.0. The summed E-state index contributed by atoms with van der Waals surface area (Å²) < 4.78 is 5.54. The van der Waals surface area contributed by atoms with Crippen LogP contribution in [0.25, 0.3) is 0 Å². The predicted octanol–water partition coefficient (Wildman–Crippen LogP) is 3.37. The van der Waals surface area contributed by atoms with Crippen LogP contribution in [-0.2, 0) is 4.79 Å². The fraction of sp³-hybridized carbons (Fsp3) is 0.423. The van der Waals surface area contributed by atoms with Crippen LogP contribution < -0.4 is 9.64 Å². The Labute approximate surface area is 183 Å². The van der Waals surface area contributed by atoms with Crippen LogP contribution in [0, 0.1) is 17.8 Å². The molecule has 3 aliphatic heterocycles. The molecule has 2 aromatic rings. The van der Waals surface area contributed by atoms with Crippen molar-refractivity contribution in [3.8, 4) is 17.6 Å². The molecule has 3 saturated heterocycles. The summed E-state index contributed by atoms with van der Waals surface area (Å²) >= 11 is 0. The van der Waals surface area contributed by atoms with Crippen molar-refractivity contribution in [2.45, 2.75) is 37.3 Å². The Morgan fingerprint density at radius 1 is 1.19 bits per heavy atom.